The molecule has 17 heavy (non-hydrogen) atoms. The molecule has 1 aromatic carbocycles. The topological polar surface area (TPSA) is 44.7 Å². The second-order valence-electron chi connectivity index (χ2n) is 4.65. The van der Waals surface area contributed by atoms with E-state index in [1.54, 1.807) is 0 Å². The molecule has 1 unspecified atom stereocenters. The van der Waals surface area contributed by atoms with Crippen LogP contribution in [0.5, 0.6) is 0 Å². The van der Waals surface area contributed by atoms with Gasteiger partial charge in [0.2, 0.25) is 6.41 Å². The van der Waals surface area contributed by atoms with E-state index >= 15 is 0 Å². The number of aliphatic hydroxyl groups excluding tert-OH is 1. The average molecular weight is 234 g/mol. The Kier molecular flexibility index (Phi) is 3.01. The highest BCUT2D eigenvalue weighted by Crippen LogP contribution is 2.32. The number of benzene rings is 1. The molecule has 0 amide bonds. The van der Waals surface area contributed by atoms with Crippen LogP contribution in [0.25, 0.3) is 0 Å². The van der Waals surface area contributed by atoms with Crippen molar-refractivity contribution in [2.45, 2.75) is 31.9 Å². The number of hydrogen-bond donors (Lipinski definition) is 2. The quantitative estimate of drug-likeness (QED) is 0.762. The summed E-state index contributed by atoms with van der Waals surface area (Å²) in [6.45, 7) is 2.52. The summed E-state index contributed by atoms with van der Waals surface area (Å²) < 4.78 is 5.43. The van der Waals surface area contributed by atoms with Gasteiger partial charge in [-0.2, -0.15) is 0 Å². The number of piperidine rings is 1. The molecule has 2 aliphatic heterocycles. The standard InChI is InChI=1S/C13H18N2O2/c16-13-15(11-5-7-14-8-6-11)12-4-2-1-3-10(12)9-17-13/h1-4,11,13-14,16H,5-9H2. The third kappa shape index (κ3) is 2.04. The van der Waals surface area contributed by atoms with Crippen LogP contribution in [-0.2, 0) is 11.3 Å². The molecule has 1 atom stereocenters. The minimum absolute atomic E-state index is 0.368. The predicted octanol–water partition coefficient (Wildman–Crippen LogP) is 1.05. The third-order valence-corrected chi connectivity index (χ3v) is 3.60. The Bertz CT molecular complexity index is 391. The monoisotopic (exact) mass is 234 g/mol. The van der Waals surface area contributed by atoms with Gasteiger partial charge in [-0.3, -0.25) is 0 Å². The number of rotatable bonds is 1. The van der Waals surface area contributed by atoms with Crippen LogP contribution in [0.3, 0.4) is 0 Å². The lowest BCUT2D eigenvalue weighted by Crippen LogP contribution is -2.51. The zero-order valence-corrected chi connectivity index (χ0v) is 9.80. The van der Waals surface area contributed by atoms with Gasteiger partial charge in [0.25, 0.3) is 0 Å². The van der Waals surface area contributed by atoms with E-state index in [1.165, 1.54) is 0 Å². The number of aliphatic hydroxyl groups is 1. The van der Waals surface area contributed by atoms with Crippen molar-refractivity contribution in [1.82, 2.24) is 5.32 Å². The molecule has 0 spiro atoms. The van der Waals surface area contributed by atoms with Crippen LogP contribution in [0, 0.1) is 0 Å². The third-order valence-electron chi connectivity index (χ3n) is 3.60. The van der Waals surface area contributed by atoms with E-state index in [0.717, 1.165) is 37.2 Å². The van der Waals surface area contributed by atoms with Crippen LogP contribution in [0.4, 0.5) is 5.69 Å². The number of nitrogens with zero attached hydrogens (tertiary/aromatic N) is 1. The molecule has 0 bridgehead atoms. The molecule has 1 aromatic rings. The molecule has 2 heterocycles. The maximum Gasteiger partial charge on any atom is 0.238 e. The number of ether oxygens (including phenoxy) is 1. The smallest absolute Gasteiger partial charge is 0.238 e. The number of hydrogen-bond acceptors (Lipinski definition) is 4. The van der Waals surface area contributed by atoms with Crippen LogP contribution >= 0.6 is 0 Å². The van der Waals surface area contributed by atoms with E-state index in [1.807, 2.05) is 17.0 Å². The lowest BCUT2D eigenvalue weighted by atomic mass is 10.0. The molecule has 2 N–H and O–H groups in total. The van der Waals surface area contributed by atoms with Gasteiger partial charge in [-0.05, 0) is 32.0 Å². The summed E-state index contributed by atoms with van der Waals surface area (Å²) in [6, 6.07) is 8.54. The summed E-state index contributed by atoms with van der Waals surface area (Å²) >= 11 is 0. The largest absolute Gasteiger partial charge is 0.351 e. The first kappa shape index (κ1) is 11.0. The lowest BCUT2D eigenvalue weighted by Gasteiger charge is -2.42. The SMILES string of the molecule is OC1OCc2ccccc2N1C1CCNCC1. The summed E-state index contributed by atoms with van der Waals surface area (Å²) in [4.78, 5) is 2.03. The van der Waals surface area contributed by atoms with Crippen molar-refractivity contribution in [3.8, 4) is 0 Å². The van der Waals surface area contributed by atoms with Gasteiger partial charge in [0, 0.05) is 17.3 Å². The fourth-order valence-corrected chi connectivity index (χ4v) is 2.71. The van der Waals surface area contributed by atoms with Crippen molar-refractivity contribution < 1.29 is 9.84 Å². The van der Waals surface area contributed by atoms with Crippen LogP contribution in [0.1, 0.15) is 18.4 Å². The highest BCUT2D eigenvalue weighted by atomic mass is 16.6. The van der Waals surface area contributed by atoms with E-state index in [0.29, 0.717) is 12.6 Å². The Morgan fingerprint density at radius 3 is 2.82 bits per heavy atom. The van der Waals surface area contributed by atoms with E-state index in [-0.39, 0.29) is 0 Å². The second-order valence-corrected chi connectivity index (χ2v) is 4.65. The Morgan fingerprint density at radius 1 is 1.24 bits per heavy atom. The fraction of sp³-hybridized carbons (Fsp3) is 0.538. The summed E-state index contributed by atoms with van der Waals surface area (Å²) in [6.07, 6.45) is 1.30. The average Bonchev–Trinajstić information content (AvgIpc) is 2.39. The molecule has 0 saturated carbocycles. The zero-order chi connectivity index (χ0) is 11.7. The minimum atomic E-state index is -0.798. The number of nitrogens with one attached hydrogen (secondary N) is 1. The number of anilines is 1. The first-order chi connectivity index (χ1) is 8.36. The highest BCUT2D eigenvalue weighted by Gasteiger charge is 2.31. The van der Waals surface area contributed by atoms with Gasteiger partial charge in [0.05, 0.1) is 6.61 Å². The Hall–Kier alpha value is -1.10. The van der Waals surface area contributed by atoms with Crippen molar-refractivity contribution >= 4 is 5.69 Å². The van der Waals surface area contributed by atoms with E-state index in [4.69, 9.17) is 4.74 Å². The van der Waals surface area contributed by atoms with Crippen molar-refractivity contribution in [3.05, 3.63) is 29.8 Å². The predicted molar refractivity (Wildman–Crippen MR) is 65.6 cm³/mol. The van der Waals surface area contributed by atoms with Crippen molar-refractivity contribution in [1.29, 1.82) is 0 Å². The molecule has 0 aromatic heterocycles. The summed E-state index contributed by atoms with van der Waals surface area (Å²) in [5.74, 6) is 0. The van der Waals surface area contributed by atoms with E-state index in [2.05, 4.69) is 17.4 Å². The molecule has 92 valence electrons. The fourth-order valence-electron chi connectivity index (χ4n) is 2.71. The maximum atomic E-state index is 10.1. The van der Waals surface area contributed by atoms with Crippen LogP contribution < -0.4 is 10.2 Å². The van der Waals surface area contributed by atoms with Gasteiger partial charge in [0.15, 0.2) is 0 Å². The normalized spacial score (nSPS) is 25.7. The number of fused-ring (bicyclic) bond motifs is 1. The van der Waals surface area contributed by atoms with E-state index < -0.39 is 6.41 Å². The van der Waals surface area contributed by atoms with Gasteiger partial charge in [0.1, 0.15) is 0 Å². The second kappa shape index (κ2) is 4.64. The minimum Gasteiger partial charge on any atom is -0.351 e. The van der Waals surface area contributed by atoms with Crippen molar-refractivity contribution in [2.75, 3.05) is 18.0 Å². The van der Waals surface area contributed by atoms with Crippen LogP contribution in [0.15, 0.2) is 24.3 Å². The molecule has 2 aliphatic rings. The van der Waals surface area contributed by atoms with Crippen molar-refractivity contribution in [2.24, 2.45) is 0 Å². The lowest BCUT2D eigenvalue weighted by molar-refractivity contribution is -0.120. The Morgan fingerprint density at radius 2 is 2.00 bits per heavy atom. The highest BCUT2D eigenvalue weighted by molar-refractivity contribution is 5.55. The first-order valence-corrected chi connectivity index (χ1v) is 6.23. The maximum absolute atomic E-state index is 10.1. The summed E-state index contributed by atoms with van der Waals surface area (Å²) in [7, 11) is 0. The van der Waals surface area contributed by atoms with E-state index in [9.17, 15) is 5.11 Å². The van der Waals surface area contributed by atoms with Crippen LogP contribution in [-0.4, -0.2) is 30.7 Å². The summed E-state index contributed by atoms with van der Waals surface area (Å²) in [5.41, 5.74) is 2.29. The molecule has 4 heteroatoms. The molecular weight excluding hydrogens is 216 g/mol. The van der Waals surface area contributed by atoms with Gasteiger partial charge < -0.3 is 20.1 Å². The van der Waals surface area contributed by atoms with Gasteiger partial charge in [-0.1, -0.05) is 18.2 Å². The van der Waals surface area contributed by atoms with Gasteiger partial charge >= 0.3 is 0 Å². The first-order valence-electron chi connectivity index (χ1n) is 6.23. The zero-order valence-electron chi connectivity index (χ0n) is 9.80. The van der Waals surface area contributed by atoms with Crippen molar-refractivity contribution in [3.63, 3.8) is 0 Å². The van der Waals surface area contributed by atoms with Crippen LogP contribution in [0.2, 0.25) is 0 Å². The van der Waals surface area contributed by atoms with Gasteiger partial charge in [-0.15, -0.1) is 0 Å². The number of para-hydroxylation sites is 1. The molecule has 4 nitrogen and oxygen atoms in total. The molecule has 0 radical (unpaired) electrons. The summed E-state index contributed by atoms with van der Waals surface area (Å²) in [5, 5.41) is 13.4. The molecule has 0 aliphatic carbocycles. The Labute approximate surface area is 101 Å². The molecular formula is C13H18N2O2. The molecule has 3 rings (SSSR count). The molecule has 1 fully saturated rings. The van der Waals surface area contributed by atoms with Gasteiger partial charge in [-0.25, -0.2) is 0 Å². The molecule has 1 saturated heterocycles. The Balaban J connectivity index is 1.91.